The summed E-state index contributed by atoms with van der Waals surface area (Å²) in [6.07, 6.45) is 0.483. The molecule has 0 unspecified atom stereocenters. The maximum Gasteiger partial charge on any atom is 0.165 e. The number of methoxy groups -OCH3 is 1. The third-order valence-electron chi connectivity index (χ3n) is 3.01. The average Bonchev–Trinajstić information content (AvgIpc) is 2.46. The molecular weight excluding hydrogens is 243 g/mol. The predicted octanol–water partition coefficient (Wildman–Crippen LogP) is 4.09. The van der Waals surface area contributed by atoms with Crippen LogP contribution in [-0.4, -0.2) is 12.9 Å². The lowest BCUT2D eigenvalue weighted by Crippen LogP contribution is -1.95. The second-order valence-corrected chi connectivity index (χ2v) is 4.20. The van der Waals surface area contributed by atoms with Gasteiger partial charge < -0.3 is 4.74 Å². The summed E-state index contributed by atoms with van der Waals surface area (Å²) >= 11 is 0. The molecule has 0 N–H and O–H groups in total. The summed E-state index contributed by atoms with van der Waals surface area (Å²) in [6.45, 7) is 1.83. The van der Waals surface area contributed by atoms with E-state index in [1.54, 1.807) is 24.3 Å². The van der Waals surface area contributed by atoms with Gasteiger partial charge in [-0.05, 0) is 23.3 Å². The lowest BCUT2D eigenvalue weighted by atomic mass is 10.0. The zero-order chi connectivity index (χ0) is 13.8. The minimum absolute atomic E-state index is 0.104. The van der Waals surface area contributed by atoms with Gasteiger partial charge >= 0.3 is 0 Å². The van der Waals surface area contributed by atoms with E-state index in [1.807, 2.05) is 19.1 Å². The number of hydrogen-bond donors (Lipinski definition) is 0. The van der Waals surface area contributed by atoms with Crippen molar-refractivity contribution in [2.24, 2.45) is 0 Å². The molecule has 0 heterocycles. The lowest BCUT2D eigenvalue weighted by molar-refractivity contribution is 0.0988. The Morgan fingerprint density at radius 1 is 1.11 bits per heavy atom. The van der Waals surface area contributed by atoms with Crippen molar-refractivity contribution in [3.63, 3.8) is 0 Å². The molecule has 2 aromatic carbocycles. The quantitative estimate of drug-likeness (QED) is 0.772. The molecule has 0 aromatic heterocycles. The molecule has 0 spiro atoms. The van der Waals surface area contributed by atoms with Crippen molar-refractivity contribution in [2.75, 3.05) is 7.11 Å². The fourth-order valence-electron chi connectivity index (χ4n) is 1.90. The molecule has 2 aromatic rings. The highest BCUT2D eigenvalue weighted by molar-refractivity contribution is 5.96. The molecule has 0 radical (unpaired) electrons. The summed E-state index contributed by atoms with van der Waals surface area (Å²) in [7, 11) is 1.43. The molecule has 0 amide bonds. The predicted molar refractivity (Wildman–Crippen MR) is 73.0 cm³/mol. The number of rotatable bonds is 4. The van der Waals surface area contributed by atoms with Crippen molar-refractivity contribution in [1.82, 2.24) is 0 Å². The number of hydrogen-bond acceptors (Lipinski definition) is 2. The number of ketones is 1. The Morgan fingerprint density at radius 3 is 2.26 bits per heavy atom. The Hall–Kier alpha value is -2.16. The van der Waals surface area contributed by atoms with Crippen molar-refractivity contribution in [3.05, 3.63) is 53.8 Å². The summed E-state index contributed by atoms with van der Waals surface area (Å²) < 4.78 is 18.5. The van der Waals surface area contributed by atoms with Gasteiger partial charge in [0.15, 0.2) is 17.3 Å². The van der Waals surface area contributed by atoms with Gasteiger partial charge in [0.25, 0.3) is 0 Å². The highest BCUT2D eigenvalue weighted by Crippen LogP contribution is 2.25. The van der Waals surface area contributed by atoms with E-state index in [9.17, 15) is 9.18 Å². The molecule has 0 aliphatic heterocycles. The van der Waals surface area contributed by atoms with Crippen molar-refractivity contribution in [1.29, 1.82) is 0 Å². The molecule has 98 valence electrons. The first-order chi connectivity index (χ1) is 9.15. The van der Waals surface area contributed by atoms with Crippen molar-refractivity contribution in [2.45, 2.75) is 13.3 Å². The van der Waals surface area contributed by atoms with Crippen LogP contribution in [0.1, 0.15) is 23.7 Å². The van der Waals surface area contributed by atoms with Gasteiger partial charge in [-0.3, -0.25) is 4.79 Å². The Kier molecular flexibility index (Phi) is 3.95. The molecule has 2 rings (SSSR count). The summed E-state index contributed by atoms with van der Waals surface area (Å²) in [5, 5.41) is 0. The normalized spacial score (nSPS) is 10.3. The topological polar surface area (TPSA) is 26.3 Å². The van der Waals surface area contributed by atoms with Crippen molar-refractivity contribution < 1.29 is 13.9 Å². The minimum Gasteiger partial charge on any atom is -0.494 e. The van der Waals surface area contributed by atoms with Crippen LogP contribution in [0.15, 0.2) is 42.5 Å². The second-order valence-electron chi connectivity index (χ2n) is 4.20. The van der Waals surface area contributed by atoms with Crippen LogP contribution in [0.5, 0.6) is 5.75 Å². The maximum absolute atomic E-state index is 13.6. The van der Waals surface area contributed by atoms with Crippen LogP contribution in [0, 0.1) is 5.82 Å². The van der Waals surface area contributed by atoms with Crippen molar-refractivity contribution >= 4 is 5.78 Å². The van der Waals surface area contributed by atoms with Gasteiger partial charge in [0.1, 0.15) is 0 Å². The Labute approximate surface area is 111 Å². The molecule has 0 aliphatic rings. The van der Waals surface area contributed by atoms with E-state index in [0.29, 0.717) is 12.0 Å². The van der Waals surface area contributed by atoms with E-state index in [2.05, 4.69) is 0 Å². The second kappa shape index (κ2) is 5.65. The summed E-state index contributed by atoms with van der Waals surface area (Å²) in [6, 6.07) is 12.0. The average molecular weight is 258 g/mol. The molecular formula is C16H15FO2. The first kappa shape index (κ1) is 13.3. The Bertz CT molecular complexity index is 588. The van der Waals surface area contributed by atoms with Crippen LogP contribution < -0.4 is 4.74 Å². The molecule has 0 bridgehead atoms. The number of carbonyl (C=O) groups excluding carboxylic acids is 1. The molecule has 19 heavy (non-hydrogen) atoms. The van der Waals surface area contributed by atoms with Crippen LogP contribution in [0.25, 0.3) is 11.1 Å². The molecule has 0 aliphatic carbocycles. The summed E-state index contributed by atoms with van der Waals surface area (Å²) in [5.74, 6) is -0.0669. The number of ether oxygens (including phenoxy) is 1. The van der Waals surface area contributed by atoms with Gasteiger partial charge in [0.2, 0.25) is 0 Å². The number of Topliss-reactive ketones (excluding diaryl/α,β-unsaturated/α-hetero) is 1. The van der Waals surface area contributed by atoms with Gasteiger partial charge in [-0.1, -0.05) is 37.3 Å². The summed E-state index contributed by atoms with van der Waals surface area (Å²) in [5.41, 5.74) is 2.31. The highest BCUT2D eigenvalue weighted by Gasteiger charge is 2.07. The lowest BCUT2D eigenvalue weighted by Gasteiger charge is -2.06. The van der Waals surface area contributed by atoms with E-state index in [-0.39, 0.29) is 11.5 Å². The molecule has 0 saturated carbocycles. The zero-order valence-corrected chi connectivity index (χ0v) is 10.9. The van der Waals surface area contributed by atoms with E-state index in [1.165, 1.54) is 13.2 Å². The molecule has 2 nitrogen and oxygen atoms in total. The monoisotopic (exact) mass is 258 g/mol. The number of halogens is 1. The van der Waals surface area contributed by atoms with E-state index in [4.69, 9.17) is 4.74 Å². The first-order valence-electron chi connectivity index (χ1n) is 6.13. The van der Waals surface area contributed by atoms with E-state index < -0.39 is 5.82 Å². The van der Waals surface area contributed by atoms with E-state index >= 15 is 0 Å². The Balaban J connectivity index is 2.32. The SMILES string of the molecule is CCC(=O)c1ccc(-c2ccc(OC)c(F)c2)cc1. The fraction of sp³-hybridized carbons (Fsp3) is 0.188. The van der Waals surface area contributed by atoms with Crippen LogP contribution >= 0.6 is 0 Å². The van der Waals surface area contributed by atoms with Gasteiger partial charge in [0.05, 0.1) is 7.11 Å². The molecule has 0 fully saturated rings. The maximum atomic E-state index is 13.6. The van der Waals surface area contributed by atoms with Crippen LogP contribution in [0.3, 0.4) is 0 Å². The fourth-order valence-corrected chi connectivity index (χ4v) is 1.90. The zero-order valence-electron chi connectivity index (χ0n) is 10.9. The third-order valence-corrected chi connectivity index (χ3v) is 3.01. The largest absolute Gasteiger partial charge is 0.494 e. The molecule has 3 heteroatoms. The third kappa shape index (κ3) is 2.81. The van der Waals surface area contributed by atoms with Gasteiger partial charge in [-0.25, -0.2) is 4.39 Å². The van der Waals surface area contributed by atoms with Crippen LogP contribution in [0.4, 0.5) is 4.39 Å². The van der Waals surface area contributed by atoms with Gasteiger partial charge in [-0.2, -0.15) is 0 Å². The highest BCUT2D eigenvalue weighted by atomic mass is 19.1. The standard InChI is InChI=1S/C16H15FO2/c1-3-15(18)12-6-4-11(5-7-12)13-8-9-16(19-2)14(17)10-13/h4-10H,3H2,1-2H3. The van der Waals surface area contributed by atoms with Gasteiger partial charge in [0, 0.05) is 12.0 Å². The number of carbonyl (C=O) groups is 1. The smallest absolute Gasteiger partial charge is 0.165 e. The minimum atomic E-state index is -0.395. The van der Waals surface area contributed by atoms with E-state index in [0.717, 1.165) is 11.1 Å². The van der Waals surface area contributed by atoms with Gasteiger partial charge in [-0.15, -0.1) is 0 Å². The Morgan fingerprint density at radius 2 is 1.74 bits per heavy atom. The number of benzene rings is 2. The van der Waals surface area contributed by atoms with Crippen molar-refractivity contribution in [3.8, 4) is 16.9 Å². The van der Waals surface area contributed by atoms with Crippen LogP contribution in [-0.2, 0) is 0 Å². The molecule has 0 atom stereocenters. The van der Waals surface area contributed by atoms with Crippen LogP contribution in [0.2, 0.25) is 0 Å². The summed E-state index contributed by atoms with van der Waals surface area (Å²) in [4.78, 5) is 11.5. The molecule has 0 saturated heterocycles. The first-order valence-corrected chi connectivity index (χ1v) is 6.13.